The highest BCUT2D eigenvalue weighted by molar-refractivity contribution is 7.85. The van der Waals surface area contributed by atoms with Gasteiger partial charge < -0.3 is 4.57 Å². The van der Waals surface area contributed by atoms with Gasteiger partial charge in [0.1, 0.15) is 0 Å². The molecule has 0 fully saturated rings. The van der Waals surface area contributed by atoms with E-state index in [0.29, 0.717) is 0 Å². The van der Waals surface area contributed by atoms with Gasteiger partial charge in [-0.3, -0.25) is 4.98 Å². The van der Waals surface area contributed by atoms with Crippen LogP contribution >= 0.6 is 7.14 Å². The molecule has 0 aliphatic heterocycles. The number of hydrogen-bond donors (Lipinski definition) is 0. The summed E-state index contributed by atoms with van der Waals surface area (Å²) in [6, 6.07) is 58.0. The summed E-state index contributed by atoms with van der Waals surface area (Å²) >= 11 is 0. The fourth-order valence-corrected chi connectivity index (χ4v) is 9.53. The number of hydrogen-bond acceptors (Lipinski definition) is 3. The van der Waals surface area contributed by atoms with E-state index in [4.69, 9.17) is 4.98 Å². The zero-order chi connectivity index (χ0) is 32.1. The average Bonchev–Trinajstić information content (AvgIpc) is 3.17. The van der Waals surface area contributed by atoms with Gasteiger partial charge in [0.15, 0.2) is 7.14 Å². The van der Waals surface area contributed by atoms with Crippen LogP contribution < -0.4 is 15.9 Å². The molecule has 0 amide bonds. The first-order valence-corrected chi connectivity index (χ1v) is 17.8. The molecule has 0 aliphatic rings. The second kappa shape index (κ2) is 11.4. The molecular formula is C44H29N2OP. The molecule has 9 aromatic rings. The molecule has 9 rings (SSSR count). The monoisotopic (exact) mass is 632 g/mol. The van der Waals surface area contributed by atoms with Gasteiger partial charge in [-0.1, -0.05) is 146 Å². The van der Waals surface area contributed by atoms with Gasteiger partial charge in [-0.2, -0.15) is 0 Å². The molecular weight excluding hydrogens is 603 g/mol. The van der Waals surface area contributed by atoms with E-state index in [1.165, 1.54) is 21.5 Å². The molecule has 0 spiro atoms. The average molecular weight is 633 g/mol. The highest BCUT2D eigenvalue weighted by Gasteiger charge is 2.29. The lowest BCUT2D eigenvalue weighted by Gasteiger charge is -2.20. The van der Waals surface area contributed by atoms with E-state index in [2.05, 4.69) is 96.0 Å². The Morgan fingerprint density at radius 2 is 0.917 bits per heavy atom. The van der Waals surface area contributed by atoms with Gasteiger partial charge in [-0.25, -0.2) is 4.98 Å². The number of fused-ring (bicyclic) bond motifs is 6. The predicted octanol–water partition coefficient (Wildman–Crippen LogP) is 10.1. The normalized spacial score (nSPS) is 11.8. The number of nitrogens with zero attached hydrogens (tertiary/aromatic N) is 2. The summed E-state index contributed by atoms with van der Waals surface area (Å²) < 4.78 is 14.8. The van der Waals surface area contributed by atoms with Crippen molar-refractivity contribution in [3.63, 3.8) is 0 Å². The lowest BCUT2D eigenvalue weighted by molar-refractivity contribution is 0.592. The Kier molecular flexibility index (Phi) is 6.74. The highest BCUT2D eigenvalue weighted by atomic mass is 31.2. The summed E-state index contributed by atoms with van der Waals surface area (Å²) in [6.07, 6.45) is 1.83. The van der Waals surface area contributed by atoms with E-state index < -0.39 is 7.14 Å². The van der Waals surface area contributed by atoms with Crippen LogP contribution in [-0.2, 0) is 4.57 Å². The van der Waals surface area contributed by atoms with Crippen LogP contribution in [0.5, 0.6) is 0 Å². The van der Waals surface area contributed by atoms with E-state index in [9.17, 15) is 4.57 Å². The van der Waals surface area contributed by atoms with Crippen LogP contribution in [0.15, 0.2) is 176 Å². The highest BCUT2D eigenvalue weighted by Crippen LogP contribution is 2.42. The van der Waals surface area contributed by atoms with E-state index in [-0.39, 0.29) is 0 Å². The molecule has 2 heterocycles. The smallest absolute Gasteiger partial charge is 0.171 e. The van der Waals surface area contributed by atoms with Gasteiger partial charge in [0.25, 0.3) is 0 Å². The fraction of sp³-hybridized carbons (Fsp3) is 0. The molecule has 2 aromatic heterocycles. The maximum atomic E-state index is 14.8. The largest absolute Gasteiger partial charge is 0.309 e. The molecule has 0 aliphatic carbocycles. The topological polar surface area (TPSA) is 42.9 Å². The summed E-state index contributed by atoms with van der Waals surface area (Å²) in [5.74, 6) is 0. The Morgan fingerprint density at radius 1 is 0.396 bits per heavy atom. The first kappa shape index (κ1) is 28.3. The van der Waals surface area contributed by atoms with Crippen molar-refractivity contribution < 1.29 is 4.57 Å². The second-order valence-electron chi connectivity index (χ2n) is 12.2. The van der Waals surface area contributed by atoms with Crippen LogP contribution in [-0.4, -0.2) is 9.97 Å². The van der Waals surface area contributed by atoms with E-state index in [1.54, 1.807) is 0 Å². The Bertz CT molecular complexity index is 2640. The quantitative estimate of drug-likeness (QED) is 0.140. The Balaban J connectivity index is 1.06. The maximum absolute atomic E-state index is 14.8. The number of pyridine rings is 2. The van der Waals surface area contributed by atoms with Gasteiger partial charge >= 0.3 is 0 Å². The van der Waals surface area contributed by atoms with Crippen LogP contribution in [0.4, 0.5) is 0 Å². The molecule has 226 valence electrons. The van der Waals surface area contributed by atoms with Crippen LogP contribution in [0.2, 0.25) is 0 Å². The molecule has 0 bridgehead atoms. The third-order valence-electron chi connectivity index (χ3n) is 9.37. The van der Waals surface area contributed by atoms with Gasteiger partial charge in [-0.15, -0.1) is 0 Å². The minimum absolute atomic E-state index is 0.830. The summed E-state index contributed by atoms with van der Waals surface area (Å²) in [7, 11) is -3.01. The summed E-state index contributed by atoms with van der Waals surface area (Å²) in [5, 5.41) is 9.45. The minimum atomic E-state index is -3.01. The Labute approximate surface area is 278 Å². The Morgan fingerprint density at radius 3 is 1.58 bits per heavy atom. The predicted molar refractivity (Wildman–Crippen MR) is 202 cm³/mol. The van der Waals surface area contributed by atoms with Crippen molar-refractivity contribution in [1.82, 2.24) is 9.97 Å². The molecule has 7 aromatic carbocycles. The Hall–Kier alpha value is -5.89. The van der Waals surface area contributed by atoms with Crippen molar-refractivity contribution in [1.29, 1.82) is 0 Å². The second-order valence-corrected chi connectivity index (χ2v) is 14.9. The van der Waals surface area contributed by atoms with Crippen LogP contribution in [0.1, 0.15) is 0 Å². The van der Waals surface area contributed by atoms with Crippen molar-refractivity contribution in [3.05, 3.63) is 176 Å². The standard InChI is InChI=1S/C44H29N2OP/c47-48(37-9-3-1-4-10-37,38-11-5-2-6-12-38)39-22-17-30(18-23-39)33-19-24-40-34(28-33)15-16-35-29-36(20-25-41(35)40)42-26-21-32-14-13-31-8-7-27-45-43(31)44(32)46-42/h1-29H. The third kappa shape index (κ3) is 4.71. The maximum Gasteiger partial charge on any atom is 0.171 e. The lowest BCUT2D eigenvalue weighted by atomic mass is 9.96. The number of aromatic nitrogens is 2. The number of benzene rings is 7. The third-order valence-corrected chi connectivity index (χ3v) is 12.4. The fourth-order valence-electron chi connectivity index (χ4n) is 6.88. The van der Waals surface area contributed by atoms with Crippen molar-refractivity contribution in [2.24, 2.45) is 0 Å². The van der Waals surface area contributed by atoms with Crippen molar-refractivity contribution in [2.75, 3.05) is 0 Å². The van der Waals surface area contributed by atoms with Gasteiger partial charge in [0.05, 0.1) is 16.7 Å². The van der Waals surface area contributed by atoms with Gasteiger partial charge in [0.2, 0.25) is 0 Å². The van der Waals surface area contributed by atoms with E-state index in [1.807, 2.05) is 85.1 Å². The van der Waals surface area contributed by atoms with E-state index >= 15 is 0 Å². The van der Waals surface area contributed by atoms with Gasteiger partial charge in [-0.05, 0) is 56.9 Å². The molecule has 0 N–H and O–H groups in total. The SMILES string of the molecule is O=P(c1ccccc1)(c1ccccc1)c1ccc(-c2ccc3c(ccc4cc(-c5ccc6ccc7cccnc7c6n5)ccc43)c2)cc1. The van der Waals surface area contributed by atoms with E-state index in [0.717, 1.165) is 60.1 Å². The first-order chi connectivity index (χ1) is 23.6. The van der Waals surface area contributed by atoms with Crippen LogP contribution in [0.25, 0.3) is 65.7 Å². The molecule has 0 atom stereocenters. The van der Waals surface area contributed by atoms with Crippen molar-refractivity contribution in [2.45, 2.75) is 0 Å². The molecule has 0 saturated heterocycles. The first-order valence-electron chi connectivity index (χ1n) is 16.1. The molecule has 0 saturated carbocycles. The minimum Gasteiger partial charge on any atom is -0.309 e. The molecule has 4 heteroatoms. The van der Waals surface area contributed by atoms with Gasteiger partial charge in [0, 0.05) is 38.4 Å². The molecule has 3 nitrogen and oxygen atoms in total. The zero-order valence-corrected chi connectivity index (χ0v) is 26.9. The summed E-state index contributed by atoms with van der Waals surface area (Å²) in [4.78, 5) is 9.69. The van der Waals surface area contributed by atoms with Crippen LogP contribution in [0.3, 0.4) is 0 Å². The number of rotatable bonds is 5. The molecule has 48 heavy (non-hydrogen) atoms. The summed E-state index contributed by atoms with van der Waals surface area (Å²) in [5.41, 5.74) is 6.08. The zero-order valence-electron chi connectivity index (χ0n) is 26.0. The lowest BCUT2D eigenvalue weighted by Crippen LogP contribution is -2.24. The van der Waals surface area contributed by atoms with Crippen molar-refractivity contribution in [3.8, 4) is 22.4 Å². The van der Waals surface area contributed by atoms with Crippen molar-refractivity contribution >= 4 is 66.4 Å². The molecule has 0 radical (unpaired) electrons. The summed E-state index contributed by atoms with van der Waals surface area (Å²) in [6.45, 7) is 0. The van der Waals surface area contributed by atoms with Crippen LogP contribution in [0, 0.1) is 0 Å². The molecule has 0 unspecified atom stereocenters.